The number of furan rings is 2. The minimum atomic E-state index is -3.73. The third-order valence-electron chi connectivity index (χ3n) is 4.09. The van der Waals surface area contributed by atoms with Crippen molar-refractivity contribution in [2.45, 2.75) is 24.4 Å². The van der Waals surface area contributed by atoms with Crippen LogP contribution in [0.15, 0.2) is 74.8 Å². The summed E-state index contributed by atoms with van der Waals surface area (Å²) < 4.78 is 37.7. The van der Waals surface area contributed by atoms with E-state index in [-0.39, 0.29) is 29.9 Å². The van der Waals surface area contributed by atoms with Gasteiger partial charge in [-0.1, -0.05) is 6.07 Å². The number of quaternary nitrogens is 1. The van der Waals surface area contributed by atoms with Crippen molar-refractivity contribution in [3.05, 3.63) is 72.6 Å². The Morgan fingerprint density at radius 2 is 1.89 bits per heavy atom. The van der Waals surface area contributed by atoms with Crippen molar-refractivity contribution in [3.63, 3.8) is 0 Å². The largest absolute Gasteiger partial charge is 0.468 e. The summed E-state index contributed by atoms with van der Waals surface area (Å²) in [7, 11) is -3.73. The Morgan fingerprint density at radius 3 is 2.61 bits per heavy atom. The van der Waals surface area contributed by atoms with Crippen LogP contribution in [-0.4, -0.2) is 20.9 Å². The van der Waals surface area contributed by atoms with Gasteiger partial charge in [0.25, 0.3) is 5.91 Å². The molecule has 1 atom stereocenters. The molecule has 0 spiro atoms. The molecule has 0 radical (unpaired) electrons. The van der Waals surface area contributed by atoms with Crippen molar-refractivity contribution in [1.82, 2.24) is 4.72 Å². The number of nitrogens with two attached hydrogens (primary N) is 1. The van der Waals surface area contributed by atoms with E-state index in [0.29, 0.717) is 11.4 Å². The molecule has 0 fully saturated rings. The first kappa shape index (κ1) is 19.9. The lowest BCUT2D eigenvalue weighted by Gasteiger charge is -2.10. The van der Waals surface area contributed by atoms with Crippen molar-refractivity contribution in [2.75, 3.05) is 11.9 Å². The Morgan fingerprint density at radius 1 is 1.11 bits per heavy atom. The lowest BCUT2D eigenvalue weighted by Crippen LogP contribution is -2.86. The van der Waals surface area contributed by atoms with Gasteiger partial charge in [-0.15, -0.1) is 0 Å². The SMILES string of the molecule is C[C@@H]([NH2+]CC(=O)Nc1cccc(S(=O)(=O)NCc2ccco2)c1)c1ccco1. The average molecular weight is 404 g/mol. The van der Waals surface area contributed by atoms with Crippen LogP contribution in [0.5, 0.6) is 0 Å². The Bertz CT molecular complexity index is 998. The molecule has 0 bridgehead atoms. The number of amides is 1. The number of carbonyl (C=O) groups is 1. The molecule has 0 aliphatic heterocycles. The van der Waals surface area contributed by atoms with Gasteiger partial charge < -0.3 is 19.5 Å². The Balaban J connectivity index is 1.57. The average Bonchev–Trinajstić information content (AvgIpc) is 3.38. The fourth-order valence-corrected chi connectivity index (χ4v) is 3.60. The summed E-state index contributed by atoms with van der Waals surface area (Å²) in [5.74, 6) is 1.05. The number of benzene rings is 1. The number of rotatable bonds is 9. The third-order valence-corrected chi connectivity index (χ3v) is 5.49. The summed E-state index contributed by atoms with van der Waals surface area (Å²) in [6, 6.07) is 13.1. The third kappa shape index (κ3) is 5.32. The van der Waals surface area contributed by atoms with Crippen LogP contribution in [0.2, 0.25) is 0 Å². The molecule has 28 heavy (non-hydrogen) atoms. The van der Waals surface area contributed by atoms with E-state index in [1.807, 2.05) is 18.3 Å². The highest BCUT2D eigenvalue weighted by Gasteiger charge is 2.17. The van der Waals surface area contributed by atoms with E-state index in [2.05, 4.69) is 10.0 Å². The molecule has 1 amide bonds. The summed E-state index contributed by atoms with van der Waals surface area (Å²) in [6.45, 7) is 2.16. The zero-order valence-corrected chi connectivity index (χ0v) is 16.1. The number of hydrogen-bond donors (Lipinski definition) is 3. The van der Waals surface area contributed by atoms with Gasteiger partial charge in [-0.2, -0.15) is 0 Å². The van der Waals surface area contributed by atoms with Gasteiger partial charge in [-0.3, -0.25) is 4.79 Å². The zero-order valence-electron chi connectivity index (χ0n) is 15.3. The minimum Gasteiger partial charge on any atom is -0.468 e. The summed E-state index contributed by atoms with van der Waals surface area (Å²) in [6.07, 6.45) is 3.06. The van der Waals surface area contributed by atoms with E-state index < -0.39 is 10.0 Å². The van der Waals surface area contributed by atoms with Crippen molar-refractivity contribution < 1.29 is 27.4 Å². The molecule has 2 aromatic heterocycles. The van der Waals surface area contributed by atoms with Gasteiger partial charge in [0.05, 0.1) is 24.0 Å². The second kappa shape index (κ2) is 8.87. The highest BCUT2D eigenvalue weighted by atomic mass is 32.2. The fourth-order valence-electron chi connectivity index (χ4n) is 2.57. The first-order valence-corrected chi connectivity index (χ1v) is 10.2. The van der Waals surface area contributed by atoms with Gasteiger partial charge in [0.15, 0.2) is 12.3 Å². The van der Waals surface area contributed by atoms with Gasteiger partial charge in [0.2, 0.25) is 10.0 Å². The summed E-state index contributed by atoms with van der Waals surface area (Å²) in [4.78, 5) is 12.2. The number of carbonyl (C=O) groups excluding carboxylic acids is 1. The first-order chi connectivity index (χ1) is 13.4. The lowest BCUT2D eigenvalue weighted by atomic mass is 10.2. The molecule has 9 heteroatoms. The number of hydrogen-bond acceptors (Lipinski definition) is 5. The molecular formula is C19H22N3O5S+. The zero-order chi connectivity index (χ0) is 20.0. The van der Waals surface area contributed by atoms with Gasteiger partial charge in [-0.25, -0.2) is 13.1 Å². The standard InChI is InChI=1S/C19H21N3O5S/c1-14(18-8-4-10-27-18)20-13-19(23)22-15-5-2-7-17(11-15)28(24,25)21-12-16-6-3-9-26-16/h2-11,14,20-21H,12-13H2,1H3,(H,22,23)/p+1/t14-/m1/s1. The van der Waals surface area contributed by atoms with Crippen LogP contribution < -0.4 is 15.4 Å². The predicted molar refractivity (Wildman–Crippen MR) is 102 cm³/mol. The first-order valence-electron chi connectivity index (χ1n) is 8.73. The molecule has 0 aliphatic rings. The maximum Gasteiger partial charge on any atom is 0.279 e. The Kier molecular flexibility index (Phi) is 6.30. The van der Waals surface area contributed by atoms with Crippen LogP contribution in [0.3, 0.4) is 0 Å². The van der Waals surface area contributed by atoms with Gasteiger partial charge in [-0.05, 0) is 49.4 Å². The van der Waals surface area contributed by atoms with Crippen LogP contribution in [0.25, 0.3) is 0 Å². The monoisotopic (exact) mass is 404 g/mol. The van der Waals surface area contributed by atoms with Crippen molar-refractivity contribution in [3.8, 4) is 0 Å². The number of nitrogens with one attached hydrogen (secondary N) is 2. The highest BCUT2D eigenvalue weighted by Crippen LogP contribution is 2.16. The topological polar surface area (TPSA) is 118 Å². The van der Waals surface area contributed by atoms with E-state index in [9.17, 15) is 13.2 Å². The smallest absolute Gasteiger partial charge is 0.279 e. The van der Waals surface area contributed by atoms with E-state index in [1.165, 1.54) is 18.4 Å². The second-order valence-corrected chi connectivity index (χ2v) is 7.99. The maximum atomic E-state index is 12.4. The Hall–Kier alpha value is -2.88. The molecular weight excluding hydrogens is 382 g/mol. The molecule has 0 saturated heterocycles. The minimum absolute atomic E-state index is 0.00161. The van der Waals surface area contributed by atoms with Gasteiger partial charge >= 0.3 is 0 Å². The molecule has 0 aliphatic carbocycles. The molecule has 3 rings (SSSR count). The van der Waals surface area contributed by atoms with E-state index in [4.69, 9.17) is 8.83 Å². The van der Waals surface area contributed by atoms with E-state index in [1.54, 1.807) is 36.6 Å². The fraction of sp³-hybridized carbons (Fsp3) is 0.211. The van der Waals surface area contributed by atoms with E-state index >= 15 is 0 Å². The number of sulfonamides is 1. The Labute approximate surface area is 163 Å². The normalized spacial score (nSPS) is 12.6. The lowest BCUT2D eigenvalue weighted by molar-refractivity contribution is -0.684. The molecule has 148 valence electrons. The molecule has 4 N–H and O–H groups in total. The van der Waals surface area contributed by atoms with E-state index in [0.717, 1.165) is 5.76 Å². The highest BCUT2D eigenvalue weighted by molar-refractivity contribution is 7.89. The quantitative estimate of drug-likeness (QED) is 0.501. The van der Waals surface area contributed by atoms with Gasteiger partial charge in [0, 0.05) is 5.69 Å². The predicted octanol–water partition coefficient (Wildman–Crippen LogP) is 1.61. The summed E-state index contributed by atoms with van der Waals surface area (Å²) in [5, 5.41) is 4.55. The van der Waals surface area contributed by atoms with Crippen molar-refractivity contribution in [1.29, 1.82) is 0 Å². The molecule has 0 saturated carbocycles. The van der Waals surface area contributed by atoms with Crippen LogP contribution in [0, 0.1) is 0 Å². The van der Waals surface area contributed by atoms with Crippen LogP contribution >= 0.6 is 0 Å². The molecule has 0 unspecified atom stereocenters. The molecule has 2 heterocycles. The maximum absolute atomic E-state index is 12.4. The second-order valence-electron chi connectivity index (χ2n) is 6.22. The number of anilines is 1. The molecule has 8 nitrogen and oxygen atoms in total. The van der Waals surface area contributed by atoms with Crippen LogP contribution in [-0.2, 0) is 21.4 Å². The van der Waals surface area contributed by atoms with Crippen LogP contribution in [0.1, 0.15) is 24.5 Å². The summed E-state index contributed by atoms with van der Waals surface area (Å²) >= 11 is 0. The molecule has 3 aromatic rings. The summed E-state index contributed by atoms with van der Waals surface area (Å²) in [5.41, 5.74) is 0.407. The van der Waals surface area contributed by atoms with Crippen molar-refractivity contribution in [2.24, 2.45) is 0 Å². The van der Waals surface area contributed by atoms with Crippen molar-refractivity contribution >= 4 is 21.6 Å². The van der Waals surface area contributed by atoms with Gasteiger partial charge in [0.1, 0.15) is 11.8 Å². The van der Waals surface area contributed by atoms with Crippen LogP contribution in [0.4, 0.5) is 5.69 Å². The molecule has 1 aromatic carbocycles.